The number of halogens is 1. The van der Waals surface area contributed by atoms with Crippen LogP contribution in [0.5, 0.6) is 5.75 Å². The van der Waals surface area contributed by atoms with E-state index in [0.29, 0.717) is 19.6 Å². The van der Waals surface area contributed by atoms with Crippen LogP contribution in [0.1, 0.15) is 16.7 Å². The Morgan fingerprint density at radius 1 is 1.09 bits per heavy atom. The number of benzene rings is 2. The summed E-state index contributed by atoms with van der Waals surface area (Å²) in [6, 6.07) is 13.4. The molecule has 0 heterocycles. The molecule has 0 radical (unpaired) electrons. The van der Waals surface area contributed by atoms with Crippen molar-refractivity contribution in [2.24, 2.45) is 5.73 Å². The van der Waals surface area contributed by atoms with Crippen molar-refractivity contribution in [3.05, 3.63) is 59.2 Å². The maximum atomic E-state index is 12.2. The Kier molecular flexibility index (Phi) is 7.59. The normalized spacial score (nSPS) is 9.87. The minimum absolute atomic E-state index is 0. The monoisotopic (exact) mass is 334 g/mol. The van der Waals surface area contributed by atoms with Gasteiger partial charge in [0.1, 0.15) is 12.4 Å². The van der Waals surface area contributed by atoms with Crippen molar-refractivity contribution in [2.75, 3.05) is 18.5 Å². The largest absolute Gasteiger partial charge is 0.492 e. The molecule has 23 heavy (non-hydrogen) atoms. The van der Waals surface area contributed by atoms with Crippen LogP contribution in [0, 0.1) is 13.8 Å². The predicted molar refractivity (Wildman–Crippen MR) is 96.5 cm³/mol. The van der Waals surface area contributed by atoms with Crippen LogP contribution in [0.4, 0.5) is 5.69 Å². The van der Waals surface area contributed by atoms with Gasteiger partial charge < -0.3 is 15.8 Å². The van der Waals surface area contributed by atoms with Crippen LogP contribution >= 0.6 is 12.4 Å². The Morgan fingerprint density at radius 3 is 2.26 bits per heavy atom. The molecule has 2 aromatic carbocycles. The summed E-state index contributed by atoms with van der Waals surface area (Å²) in [7, 11) is 0. The van der Waals surface area contributed by atoms with Crippen LogP contribution in [-0.4, -0.2) is 19.1 Å². The third-order valence-electron chi connectivity index (χ3n) is 3.51. The molecule has 0 aliphatic heterocycles. The van der Waals surface area contributed by atoms with Gasteiger partial charge in [-0.05, 0) is 54.8 Å². The minimum atomic E-state index is -0.0203. The van der Waals surface area contributed by atoms with Crippen LogP contribution in [0.25, 0.3) is 0 Å². The van der Waals surface area contributed by atoms with E-state index in [4.69, 9.17) is 10.5 Å². The van der Waals surface area contributed by atoms with Crippen molar-refractivity contribution >= 4 is 24.0 Å². The average Bonchev–Trinajstić information content (AvgIpc) is 2.50. The number of carbonyl (C=O) groups is 1. The molecule has 124 valence electrons. The smallest absolute Gasteiger partial charge is 0.228 e. The summed E-state index contributed by atoms with van der Waals surface area (Å²) >= 11 is 0. The quantitative estimate of drug-likeness (QED) is 0.852. The first-order valence-corrected chi connectivity index (χ1v) is 7.38. The molecule has 0 bridgehead atoms. The van der Waals surface area contributed by atoms with Gasteiger partial charge in [0.2, 0.25) is 5.91 Å². The molecular weight excluding hydrogens is 312 g/mol. The van der Waals surface area contributed by atoms with Gasteiger partial charge in [-0.15, -0.1) is 12.4 Å². The number of amides is 1. The van der Waals surface area contributed by atoms with Crippen molar-refractivity contribution < 1.29 is 9.53 Å². The average molecular weight is 335 g/mol. The van der Waals surface area contributed by atoms with Crippen molar-refractivity contribution in [1.82, 2.24) is 0 Å². The summed E-state index contributed by atoms with van der Waals surface area (Å²) in [5.41, 5.74) is 9.51. The van der Waals surface area contributed by atoms with Crippen molar-refractivity contribution in [3.63, 3.8) is 0 Å². The van der Waals surface area contributed by atoms with Gasteiger partial charge in [0, 0.05) is 12.2 Å². The molecule has 3 N–H and O–H groups in total. The Labute approximate surface area is 143 Å². The highest BCUT2D eigenvalue weighted by atomic mass is 35.5. The fourth-order valence-corrected chi connectivity index (χ4v) is 2.30. The Bertz CT molecular complexity index is 622. The van der Waals surface area contributed by atoms with E-state index >= 15 is 0 Å². The second-order valence-corrected chi connectivity index (χ2v) is 5.26. The third kappa shape index (κ3) is 5.58. The summed E-state index contributed by atoms with van der Waals surface area (Å²) in [5, 5.41) is 2.91. The van der Waals surface area contributed by atoms with E-state index in [1.165, 1.54) is 0 Å². The van der Waals surface area contributed by atoms with E-state index in [0.717, 1.165) is 28.1 Å². The zero-order chi connectivity index (χ0) is 15.9. The van der Waals surface area contributed by atoms with E-state index < -0.39 is 0 Å². The fourth-order valence-electron chi connectivity index (χ4n) is 2.30. The number of hydrogen-bond donors (Lipinski definition) is 2. The lowest BCUT2D eigenvalue weighted by molar-refractivity contribution is -0.115. The molecule has 0 aliphatic rings. The second kappa shape index (κ2) is 9.18. The summed E-state index contributed by atoms with van der Waals surface area (Å²) < 4.78 is 5.40. The van der Waals surface area contributed by atoms with E-state index in [1.807, 2.05) is 56.3 Å². The highest BCUT2D eigenvalue weighted by Crippen LogP contribution is 2.17. The summed E-state index contributed by atoms with van der Waals surface area (Å²) in [6.45, 7) is 5.02. The van der Waals surface area contributed by atoms with Crippen molar-refractivity contribution in [3.8, 4) is 5.75 Å². The maximum absolute atomic E-state index is 12.2. The Balaban J connectivity index is 0.00000264. The van der Waals surface area contributed by atoms with Crippen LogP contribution in [-0.2, 0) is 11.2 Å². The number of rotatable bonds is 6. The summed E-state index contributed by atoms with van der Waals surface area (Å²) in [6.07, 6.45) is 0.379. The molecule has 5 heteroatoms. The lowest BCUT2D eigenvalue weighted by Crippen LogP contribution is -2.15. The molecule has 0 saturated carbocycles. The van der Waals surface area contributed by atoms with Gasteiger partial charge in [-0.3, -0.25) is 4.79 Å². The first-order valence-electron chi connectivity index (χ1n) is 7.38. The van der Waals surface area contributed by atoms with Crippen LogP contribution in [0.15, 0.2) is 42.5 Å². The second-order valence-electron chi connectivity index (χ2n) is 5.26. The molecule has 0 unspecified atom stereocenters. The van der Waals surface area contributed by atoms with E-state index in [-0.39, 0.29) is 18.3 Å². The first-order chi connectivity index (χ1) is 10.6. The molecule has 0 fully saturated rings. The number of nitrogens with one attached hydrogen (secondary N) is 1. The SMILES string of the molecule is Cc1cccc(C)c1CC(=O)Nc1ccc(OCCN)cc1.Cl. The van der Waals surface area contributed by atoms with Gasteiger partial charge in [-0.2, -0.15) is 0 Å². The van der Waals surface area contributed by atoms with Crippen LogP contribution < -0.4 is 15.8 Å². The number of hydrogen-bond acceptors (Lipinski definition) is 3. The molecule has 2 aromatic rings. The molecule has 0 saturated heterocycles. The van der Waals surface area contributed by atoms with Gasteiger partial charge in [-0.25, -0.2) is 0 Å². The first kappa shape index (κ1) is 19.0. The fraction of sp³-hybridized carbons (Fsp3) is 0.278. The zero-order valence-corrected chi connectivity index (χ0v) is 14.3. The predicted octanol–water partition coefficient (Wildman–Crippen LogP) is 3.24. The molecule has 0 atom stereocenters. The molecule has 2 rings (SSSR count). The van der Waals surface area contributed by atoms with Gasteiger partial charge >= 0.3 is 0 Å². The molecule has 0 spiro atoms. The lowest BCUT2D eigenvalue weighted by Gasteiger charge is -2.11. The minimum Gasteiger partial charge on any atom is -0.492 e. The summed E-state index contributed by atoms with van der Waals surface area (Å²) in [4.78, 5) is 12.2. The topological polar surface area (TPSA) is 64.3 Å². The lowest BCUT2D eigenvalue weighted by atomic mass is 10.00. The Hall–Kier alpha value is -2.04. The van der Waals surface area contributed by atoms with Gasteiger partial charge in [0.05, 0.1) is 6.42 Å². The van der Waals surface area contributed by atoms with Gasteiger partial charge in [0.25, 0.3) is 0 Å². The van der Waals surface area contributed by atoms with Crippen molar-refractivity contribution in [2.45, 2.75) is 20.3 Å². The standard InChI is InChI=1S/C18H22N2O2.ClH/c1-13-4-3-5-14(2)17(13)12-18(21)20-15-6-8-16(9-7-15)22-11-10-19;/h3-9H,10-12,19H2,1-2H3,(H,20,21);1H. The molecule has 4 nitrogen and oxygen atoms in total. The molecular formula is C18H23ClN2O2. The third-order valence-corrected chi connectivity index (χ3v) is 3.51. The number of aryl methyl sites for hydroxylation is 2. The highest BCUT2D eigenvalue weighted by Gasteiger charge is 2.08. The van der Waals surface area contributed by atoms with Crippen LogP contribution in [0.2, 0.25) is 0 Å². The number of nitrogens with two attached hydrogens (primary N) is 1. The maximum Gasteiger partial charge on any atom is 0.228 e. The zero-order valence-electron chi connectivity index (χ0n) is 13.5. The Morgan fingerprint density at radius 2 is 1.70 bits per heavy atom. The van der Waals surface area contributed by atoms with E-state index in [9.17, 15) is 4.79 Å². The van der Waals surface area contributed by atoms with E-state index in [1.54, 1.807) is 0 Å². The van der Waals surface area contributed by atoms with Gasteiger partial charge in [-0.1, -0.05) is 18.2 Å². The molecule has 0 aliphatic carbocycles. The van der Waals surface area contributed by atoms with Crippen molar-refractivity contribution in [1.29, 1.82) is 0 Å². The summed E-state index contributed by atoms with van der Waals surface area (Å²) in [5.74, 6) is 0.728. The van der Waals surface area contributed by atoms with Crippen LogP contribution in [0.3, 0.4) is 0 Å². The van der Waals surface area contributed by atoms with E-state index in [2.05, 4.69) is 5.32 Å². The highest BCUT2D eigenvalue weighted by molar-refractivity contribution is 5.92. The number of carbonyl (C=O) groups excluding carboxylic acids is 1. The molecule has 1 amide bonds. The number of ether oxygens (including phenoxy) is 1. The molecule has 0 aromatic heterocycles. The number of anilines is 1. The van der Waals surface area contributed by atoms with Gasteiger partial charge in [0.15, 0.2) is 0 Å².